The largest absolute Gasteiger partial charge is 0.493 e. The first-order valence-electron chi connectivity index (χ1n) is 12.4. The summed E-state index contributed by atoms with van der Waals surface area (Å²) in [5.74, 6) is -0.413. The number of halogens is 2. The van der Waals surface area contributed by atoms with Crippen LogP contribution in [0.4, 0.5) is 0 Å². The highest BCUT2D eigenvalue weighted by atomic mass is 35.5. The third-order valence-electron chi connectivity index (χ3n) is 6.25. The number of hydrogen-bond acceptors (Lipinski definition) is 8. The molecule has 1 saturated heterocycles. The van der Waals surface area contributed by atoms with Crippen LogP contribution in [0.2, 0.25) is 10.0 Å². The molecule has 200 valence electrons. The quantitative estimate of drug-likeness (QED) is 0.185. The summed E-state index contributed by atoms with van der Waals surface area (Å²) in [6.07, 6.45) is 2.77. The molecule has 2 N–H and O–H groups in total. The third kappa shape index (κ3) is 6.98. The number of imide groups is 1. The Morgan fingerprint density at radius 3 is 2.42 bits per heavy atom. The molecule has 1 aliphatic heterocycles. The van der Waals surface area contributed by atoms with Crippen LogP contribution < -0.4 is 10.5 Å². The molecule has 2 aromatic carbocycles. The zero-order valence-corrected chi connectivity index (χ0v) is 22.2. The van der Waals surface area contributed by atoms with Crippen LogP contribution in [0.3, 0.4) is 0 Å². The number of nitrogens with two attached hydrogens (primary N) is 1. The summed E-state index contributed by atoms with van der Waals surface area (Å²) in [5, 5.41) is 4.86. The monoisotopic (exact) mass is 558 g/mol. The van der Waals surface area contributed by atoms with Crippen LogP contribution in [0.15, 0.2) is 47.0 Å². The third-order valence-corrected chi connectivity index (χ3v) is 6.99. The van der Waals surface area contributed by atoms with Crippen LogP contribution in [0.25, 0.3) is 0 Å². The first kappa shape index (κ1) is 27.8. The van der Waals surface area contributed by atoms with Gasteiger partial charge in [-0.25, -0.2) is 0 Å². The molecule has 2 heterocycles. The van der Waals surface area contributed by atoms with Crippen molar-refractivity contribution in [2.24, 2.45) is 5.73 Å². The maximum atomic E-state index is 13.2. The standard InChI is InChI=1S/C27H28Cl2N4O5/c28-20-9-6-18(15-21(20)29)12-14-37-19-7-4-17(5-8-19)16-23-31-27(32-38-23)26(36)22(3-1-2-13-30)33-24(34)10-11-25(33)35/h4-9,15,22H,1-3,10-14,16,30H2. The van der Waals surface area contributed by atoms with E-state index < -0.39 is 11.8 Å². The van der Waals surface area contributed by atoms with Gasteiger partial charge in [-0.3, -0.25) is 19.3 Å². The number of carbonyl (C=O) groups is 3. The van der Waals surface area contributed by atoms with E-state index in [2.05, 4.69) is 10.1 Å². The van der Waals surface area contributed by atoms with Gasteiger partial charge in [0.05, 0.1) is 23.1 Å². The van der Waals surface area contributed by atoms with E-state index in [1.807, 2.05) is 36.4 Å². The Balaban J connectivity index is 1.34. The molecule has 9 nitrogen and oxygen atoms in total. The topological polar surface area (TPSA) is 129 Å². The number of aromatic nitrogens is 2. The van der Waals surface area contributed by atoms with E-state index in [0.29, 0.717) is 61.1 Å². The second-order valence-electron chi connectivity index (χ2n) is 9.00. The van der Waals surface area contributed by atoms with Crippen LogP contribution in [-0.2, 0) is 22.4 Å². The van der Waals surface area contributed by atoms with Crippen LogP contribution >= 0.6 is 23.2 Å². The number of rotatable bonds is 13. The van der Waals surface area contributed by atoms with Gasteiger partial charge in [0.25, 0.3) is 0 Å². The van der Waals surface area contributed by atoms with E-state index in [-0.39, 0.29) is 36.4 Å². The van der Waals surface area contributed by atoms with Gasteiger partial charge in [0.1, 0.15) is 11.8 Å². The SMILES string of the molecule is NCCCCC(C(=O)c1noc(Cc2ccc(OCCc3ccc(Cl)c(Cl)c3)cc2)n1)N1C(=O)CCC1=O. The number of ether oxygens (including phenoxy) is 1. The average Bonchev–Trinajstić information content (AvgIpc) is 3.51. The van der Waals surface area contributed by atoms with Crippen LogP contribution in [-0.4, -0.2) is 51.8 Å². The molecule has 1 fully saturated rings. The van der Waals surface area contributed by atoms with Crippen LogP contribution in [0.5, 0.6) is 5.75 Å². The van der Waals surface area contributed by atoms with Gasteiger partial charge in [-0.1, -0.05) is 46.6 Å². The van der Waals surface area contributed by atoms with E-state index in [4.69, 9.17) is 38.2 Å². The number of nitrogens with zero attached hydrogens (tertiary/aromatic N) is 3. The number of ketones is 1. The zero-order chi connectivity index (χ0) is 27.1. The zero-order valence-electron chi connectivity index (χ0n) is 20.7. The number of Topliss-reactive ketones (excluding diaryl/α,β-unsaturated/α-hetero) is 1. The van der Waals surface area contributed by atoms with Crippen molar-refractivity contribution in [3.05, 3.63) is 75.4 Å². The van der Waals surface area contributed by atoms with Crippen molar-refractivity contribution < 1.29 is 23.6 Å². The lowest BCUT2D eigenvalue weighted by Gasteiger charge is -2.23. The van der Waals surface area contributed by atoms with Crippen molar-refractivity contribution >= 4 is 40.8 Å². The van der Waals surface area contributed by atoms with E-state index >= 15 is 0 Å². The Hall–Kier alpha value is -3.27. The molecule has 0 spiro atoms. The number of likely N-dealkylation sites (tertiary alicyclic amines) is 1. The van der Waals surface area contributed by atoms with E-state index in [9.17, 15) is 14.4 Å². The molecule has 1 aliphatic rings. The van der Waals surface area contributed by atoms with E-state index in [1.165, 1.54) is 0 Å². The van der Waals surface area contributed by atoms with Gasteiger partial charge >= 0.3 is 0 Å². The molecule has 38 heavy (non-hydrogen) atoms. The highest BCUT2D eigenvalue weighted by Gasteiger charge is 2.40. The highest BCUT2D eigenvalue weighted by molar-refractivity contribution is 6.42. The second kappa shape index (κ2) is 13.0. The first-order chi connectivity index (χ1) is 18.4. The lowest BCUT2D eigenvalue weighted by Crippen LogP contribution is -2.45. The van der Waals surface area contributed by atoms with Gasteiger partial charge in [0.15, 0.2) is 0 Å². The number of hydrogen-bond donors (Lipinski definition) is 1. The lowest BCUT2D eigenvalue weighted by atomic mass is 10.0. The van der Waals surface area contributed by atoms with Gasteiger partial charge in [0, 0.05) is 19.3 Å². The maximum absolute atomic E-state index is 13.2. The molecular formula is C27H28Cl2N4O5. The number of benzene rings is 2. The second-order valence-corrected chi connectivity index (χ2v) is 9.82. The fourth-order valence-electron chi connectivity index (χ4n) is 4.24. The van der Waals surface area contributed by atoms with E-state index in [0.717, 1.165) is 16.0 Å². The molecule has 0 saturated carbocycles. The maximum Gasteiger partial charge on any atom is 0.240 e. The normalized spacial score (nSPS) is 14.2. The molecule has 1 aromatic heterocycles. The molecular weight excluding hydrogens is 531 g/mol. The summed E-state index contributed by atoms with van der Waals surface area (Å²) in [6, 6.07) is 12.0. The molecule has 0 aliphatic carbocycles. The van der Waals surface area contributed by atoms with Crippen molar-refractivity contribution in [2.75, 3.05) is 13.2 Å². The smallest absolute Gasteiger partial charge is 0.240 e. The Kier molecular flexibility index (Phi) is 9.49. The number of amides is 2. The lowest BCUT2D eigenvalue weighted by molar-refractivity contribution is -0.140. The molecule has 11 heteroatoms. The van der Waals surface area contributed by atoms with Gasteiger partial charge in [0.2, 0.25) is 29.3 Å². The Morgan fingerprint density at radius 1 is 1.03 bits per heavy atom. The summed E-state index contributed by atoms with van der Waals surface area (Å²) >= 11 is 12.0. The molecule has 3 aromatic rings. The summed E-state index contributed by atoms with van der Waals surface area (Å²) in [4.78, 5) is 43.0. The minimum atomic E-state index is -0.949. The molecule has 4 rings (SSSR count). The predicted molar refractivity (Wildman–Crippen MR) is 141 cm³/mol. The average molecular weight is 559 g/mol. The fraction of sp³-hybridized carbons (Fsp3) is 0.370. The minimum absolute atomic E-state index is 0.103. The minimum Gasteiger partial charge on any atom is -0.493 e. The van der Waals surface area contributed by atoms with Gasteiger partial charge < -0.3 is 15.0 Å². The predicted octanol–water partition coefficient (Wildman–Crippen LogP) is 4.42. The van der Waals surface area contributed by atoms with E-state index in [1.54, 1.807) is 6.07 Å². The summed E-state index contributed by atoms with van der Waals surface area (Å²) < 4.78 is 11.1. The fourth-order valence-corrected chi connectivity index (χ4v) is 4.56. The molecule has 0 bridgehead atoms. The Labute approximate surface area is 230 Å². The summed E-state index contributed by atoms with van der Waals surface area (Å²) in [6.45, 7) is 0.928. The molecule has 2 amide bonds. The van der Waals surface area contributed by atoms with Crippen molar-refractivity contribution in [3.8, 4) is 5.75 Å². The number of unbranched alkanes of at least 4 members (excludes halogenated alkanes) is 1. The highest BCUT2D eigenvalue weighted by Crippen LogP contribution is 2.24. The van der Waals surface area contributed by atoms with Gasteiger partial charge in [-0.2, -0.15) is 4.98 Å². The Bertz CT molecular complexity index is 1280. The Morgan fingerprint density at radius 2 is 1.74 bits per heavy atom. The van der Waals surface area contributed by atoms with Gasteiger partial charge in [-0.15, -0.1) is 0 Å². The molecule has 1 atom stereocenters. The first-order valence-corrected chi connectivity index (χ1v) is 13.2. The summed E-state index contributed by atoms with van der Waals surface area (Å²) in [5.41, 5.74) is 7.47. The van der Waals surface area contributed by atoms with Crippen molar-refractivity contribution in [1.82, 2.24) is 15.0 Å². The van der Waals surface area contributed by atoms with Crippen LogP contribution in [0, 0.1) is 0 Å². The van der Waals surface area contributed by atoms with Crippen molar-refractivity contribution in [2.45, 2.75) is 51.0 Å². The van der Waals surface area contributed by atoms with Crippen molar-refractivity contribution in [3.63, 3.8) is 0 Å². The number of carbonyl (C=O) groups excluding carboxylic acids is 3. The van der Waals surface area contributed by atoms with Crippen LogP contribution in [0.1, 0.15) is 59.7 Å². The van der Waals surface area contributed by atoms with Gasteiger partial charge in [-0.05, 0) is 61.2 Å². The van der Waals surface area contributed by atoms with Crippen molar-refractivity contribution in [1.29, 1.82) is 0 Å². The summed E-state index contributed by atoms with van der Waals surface area (Å²) in [7, 11) is 0. The molecule has 0 radical (unpaired) electrons. The molecule has 1 unspecified atom stereocenters.